The number of oxazole rings is 1. The summed E-state index contributed by atoms with van der Waals surface area (Å²) in [7, 11) is 0. The van der Waals surface area contributed by atoms with Crippen LogP contribution in [0.3, 0.4) is 0 Å². The normalized spacial score (nSPS) is 21.2. The van der Waals surface area contributed by atoms with E-state index in [1.165, 1.54) is 9.78 Å². The van der Waals surface area contributed by atoms with Crippen LogP contribution in [0.1, 0.15) is 29.2 Å². The molecule has 0 saturated carbocycles. The third-order valence-corrected chi connectivity index (χ3v) is 6.54. The second kappa shape index (κ2) is 6.46. The Labute approximate surface area is 170 Å². The molecule has 3 heterocycles. The average molecular weight is 414 g/mol. The van der Waals surface area contributed by atoms with Gasteiger partial charge in [-0.1, -0.05) is 11.6 Å². The van der Waals surface area contributed by atoms with E-state index in [1.807, 2.05) is 23.6 Å². The summed E-state index contributed by atoms with van der Waals surface area (Å²) in [6.07, 6.45) is 4.01. The second-order valence-electron chi connectivity index (χ2n) is 6.96. The molecule has 1 atom stereocenters. The van der Waals surface area contributed by atoms with Gasteiger partial charge in [0, 0.05) is 21.0 Å². The van der Waals surface area contributed by atoms with Crippen LogP contribution in [0.2, 0.25) is 5.02 Å². The van der Waals surface area contributed by atoms with Crippen LogP contribution in [0.5, 0.6) is 0 Å². The zero-order valence-electron chi connectivity index (χ0n) is 14.8. The van der Waals surface area contributed by atoms with Crippen molar-refractivity contribution in [3.8, 4) is 11.3 Å². The van der Waals surface area contributed by atoms with Crippen molar-refractivity contribution in [1.29, 1.82) is 0 Å². The van der Waals surface area contributed by atoms with Gasteiger partial charge in [0.05, 0.1) is 6.20 Å². The Morgan fingerprint density at radius 1 is 1.25 bits per heavy atom. The molecular formula is C20H16ClN3O3S. The van der Waals surface area contributed by atoms with E-state index in [4.69, 9.17) is 16.0 Å². The van der Waals surface area contributed by atoms with Crippen LogP contribution >= 0.6 is 22.9 Å². The number of fused-ring (bicyclic) bond motifs is 2. The number of nitrogens with zero attached hydrogens (tertiary/aromatic N) is 2. The number of thiophene rings is 1. The van der Waals surface area contributed by atoms with Gasteiger partial charge in [0.25, 0.3) is 5.91 Å². The molecule has 8 heteroatoms. The Morgan fingerprint density at radius 3 is 2.89 bits per heavy atom. The van der Waals surface area contributed by atoms with Crippen molar-refractivity contribution in [1.82, 2.24) is 15.2 Å². The molecule has 1 aliphatic heterocycles. The number of carbonyl (C=O) groups excluding carboxylic acids is 2. The molecule has 2 aromatic heterocycles. The zero-order chi connectivity index (χ0) is 19.3. The fourth-order valence-electron chi connectivity index (χ4n) is 3.95. The van der Waals surface area contributed by atoms with Crippen molar-refractivity contribution in [2.24, 2.45) is 0 Å². The Bertz CT molecular complexity index is 1070. The third-order valence-electron chi connectivity index (χ3n) is 5.31. The molecule has 0 bridgehead atoms. The summed E-state index contributed by atoms with van der Waals surface area (Å²) in [6.45, 7) is -0.000519. The van der Waals surface area contributed by atoms with Gasteiger partial charge in [-0.05, 0) is 55.0 Å². The molecule has 1 aromatic carbocycles. The number of nitrogens with one attached hydrogen (secondary N) is 1. The Morgan fingerprint density at radius 2 is 2.07 bits per heavy atom. The topological polar surface area (TPSA) is 75.4 Å². The highest BCUT2D eigenvalue weighted by Crippen LogP contribution is 2.42. The predicted molar refractivity (Wildman–Crippen MR) is 105 cm³/mol. The number of hydrogen-bond acceptors (Lipinski definition) is 5. The van der Waals surface area contributed by atoms with Gasteiger partial charge in [-0.2, -0.15) is 0 Å². The van der Waals surface area contributed by atoms with E-state index in [0.29, 0.717) is 23.1 Å². The predicted octanol–water partition coefficient (Wildman–Crippen LogP) is 4.34. The fraction of sp³-hybridized carbons (Fsp3) is 0.250. The molecule has 1 unspecified atom stereocenters. The van der Waals surface area contributed by atoms with Gasteiger partial charge >= 0.3 is 6.03 Å². The smallest absolute Gasteiger partial charge is 0.325 e. The van der Waals surface area contributed by atoms with Crippen LogP contribution in [0, 0.1) is 0 Å². The zero-order valence-corrected chi connectivity index (χ0v) is 16.3. The highest BCUT2D eigenvalue weighted by Gasteiger charge is 2.54. The first-order valence-corrected chi connectivity index (χ1v) is 10.2. The molecule has 1 fully saturated rings. The van der Waals surface area contributed by atoms with Crippen molar-refractivity contribution in [3.63, 3.8) is 0 Å². The highest BCUT2D eigenvalue weighted by molar-refractivity contribution is 7.10. The summed E-state index contributed by atoms with van der Waals surface area (Å²) in [5.74, 6) is 0.640. The summed E-state index contributed by atoms with van der Waals surface area (Å²) in [5, 5.41) is 5.55. The fourth-order valence-corrected chi connectivity index (χ4v) is 5.08. The van der Waals surface area contributed by atoms with Crippen molar-refractivity contribution in [2.75, 3.05) is 0 Å². The van der Waals surface area contributed by atoms with Gasteiger partial charge < -0.3 is 9.73 Å². The minimum absolute atomic E-state index is 0.000519. The molecule has 28 heavy (non-hydrogen) atoms. The molecule has 0 radical (unpaired) electrons. The molecule has 5 rings (SSSR count). The summed E-state index contributed by atoms with van der Waals surface area (Å²) >= 11 is 7.55. The van der Waals surface area contributed by atoms with E-state index in [0.717, 1.165) is 24.0 Å². The van der Waals surface area contributed by atoms with E-state index in [2.05, 4.69) is 10.3 Å². The summed E-state index contributed by atoms with van der Waals surface area (Å²) in [4.78, 5) is 32.5. The number of halogens is 1. The molecule has 142 valence electrons. The van der Waals surface area contributed by atoms with Crippen LogP contribution in [-0.2, 0) is 23.3 Å². The number of aryl methyl sites for hydroxylation is 1. The third kappa shape index (κ3) is 2.65. The van der Waals surface area contributed by atoms with Gasteiger partial charge in [0.1, 0.15) is 12.1 Å². The lowest BCUT2D eigenvalue weighted by molar-refractivity contribution is -0.132. The standard InChI is InChI=1S/C20H16ClN3O3S/c21-13-5-3-12(4-6-13)15-10-22-17(27-15)11-24-18(25)20(23-19(24)26)8-1-2-16-14(20)7-9-28-16/h3-7,9-10H,1-2,8,11H2,(H,23,26). The number of imide groups is 1. The first-order valence-electron chi connectivity index (χ1n) is 8.98. The van der Waals surface area contributed by atoms with Crippen molar-refractivity contribution < 1.29 is 14.0 Å². The SMILES string of the molecule is O=C1NC2(CCCc3sccc32)C(=O)N1Cc1ncc(-c2ccc(Cl)cc2)o1. The summed E-state index contributed by atoms with van der Waals surface area (Å²) in [5.41, 5.74) is 0.807. The maximum absolute atomic E-state index is 13.2. The lowest BCUT2D eigenvalue weighted by atomic mass is 9.80. The maximum Gasteiger partial charge on any atom is 0.325 e. The summed E-state index contributed by atoms with van der Waals surface area (Å²) < 4.78 is 5.77. The van der Waals surface area contributed by atoms with E-state index in [-0.39, 0.29) is 12.5 Å². The number of carbonyl (C=O) groups is 2. The van der Waals surface area contributed by atoms with E-state index < -0.39 is 11.6 Å². The number of amides is 3. The second-order valence-corrected chi connectivity index (χ2v) is 8.40. The monoisotopic (exact) mass is 413 g/mol. The van der Waals surface area contributed by atoms with Gasteiger partial charge in [0.15, 0.2) is 5.76 Å². The van der Waals surface area contributed by atoms with Crippen molar-refractivity contribution in [3.05, 3.63) is 63.3 Å². The Kier molecular flexibility index (Phi) is 4.03. The minimum atomic E-state index is -0.948. The average Bonchev–Trinajstić information content (AvgIpc) is 3.40. The first-order chi connectivity index (χ1) is 13.6. The Hall–Kier alpha value is -2.64. The molecule has 1 spiro atoms. The molecule has 1 N–H and O–H groups in total. The lowest BCUT2D eigenvalue weighted by Gasteiger charge is -2.31. The highest BCUT2D eigenvalue weighted by atomic mass is 35.5. The summed E-state index contributed by atoms with van der Waals surface area (Å²) in [6, 6.07) is 8.73. The van der Waals surface area contributed by atoms with E-state index in [1.54, 1.807) is 29.7 Å². The molecule has 3 amide bonds. The van der Waals surface area contributed by atoms with Crippen molar-refractivity contribution >= 4 is 34.9 Å². The Balaban J connectivity index is 1.41. The van der Waals surface area contributed by atoms with Crippen LogP contribution < -0.4 is 5.32 Å². The molecule has 3 aromatic rings. The molecule has 2 aliphatic rings. The first kappa shape index (κ1) is 17.5. The van der Waals surface area contributed by atoms with Gasteiger partial charge in [0.2, 0.25) is 5.89 Å². The van der Waals surface area contributed by atoms with Gasteiger partial charge in [-0.25, -0.2) is 9.78 Å². The van der Waals surface area contributed by atoms with Crippen LogP contribution in [0.15, 0.2) is 46.3 Å². The lowest BCUT2D eigenvalue weighted by Crippen LogP contribution is -2.46. The number of aromatic nitrogens is 1. The van der Waals surface area contributed by atoms with Crippen LogP contribution in [0.4, 0.5) is 4.79 Å². The molecular weight excluding hydrogens is 398 g/mol. The van der Waals surface area contributed by atoms with Crippen molar-refractivity contribution in [2.45, 2.75) is 31.3 Å². The molecule has 1 saturated heterocycles. The number of urea groups is 1. The van der Waals surface area contributed by atoms with E-state index in [9.17, 15) is 9.59 Å². The number of hydrogen-bond donors (Lipinski definition) is 1. The van der Waals surface area contributed by atoms with Crippen LogP contribution in [0.25, 0.3) is 11.3 Å². The van der Waals surface area contributed by atoms with Crippen LogP contribution in [-0.4, -0.2) is 21.8 Å². The van der Waals surface area contributed by atoms with E-state index >= 15 is 0 Å². The van der Waals surface area contributed by atoms with Gasteiger partial charge in [-0.15, -0.1) is 11.3 Å². The van der Waals surface area contributed by atoms with Gasteiger partial charge in [-0.3, -0.25) is 9.69 Å². The quantitative estimate of drug-likeness (QED) is 0.648. The number of benzene rings is 1. The number of rotatable bonds is 3. The maximum atomic E-state index is 13.2. The minimum Gasteiger partial charge on any atom is -0.439 e. The molecule has 6 nitrogen and oxygen atoms in total. The molecule has 1 aliphatic carbocycles. The largest absolute Gasteiger partial charge is 0.439 e.